The molecule has 0 radical (unpaired) electrons. The van der Waals surface area contributed by atoms with Crippen LogP contribution in [-0.2, 0) is 6.54 Å². The molecule has 6 heteroatoms. The summed E-state index contributed by atoms with van der Waals surface area (Å²) in [5.41, 5.74) is 0.262. The van der Waals surface area contributed by atoms with Crippen molar-refractivity contribution in [2.45, 2.75) is 26.4 Å². The highest BCUT2D eigenvalue weighted by molar-refractivity contribution is 9.10. The van der Waals surface area contributed by atoms with Crippen molar-refractivity contribution in [1.82, 2.24) is 9.55 Å². The van der Waals surface area contributed by atoms with Crippen LogP contribution in [0.2, 0.25) is 0 Å². The predicted molar refractivity (Wildman–Crippen MR) is 80.3 cm³/mol. The van der Waals surface area contributed by atoms with Crippen molar-refractivity contribution in [3.8, 4) is 0 Å². The van der Waals surface area contributed by atoms with Gasteiger partial charge in [-0.05, 0) is 32.0 Å². The first-order valence-electron chi connectivity index (χ1n) is 6.24. The van der Waals surface area contributed by atoms with Crippen molar-refractivity contribution in [2.75, 3.05) is 5.32 Å². The highest BCUT2D eigenvalue weighted by Gasteiger charge is 2.08. The third-order valence-electron chi connectivity index (χ3n) is 2.88. The van der Waals surface area contributed by atoms with E-state index in [1.54, 1.807) is 29.1 Å². The number of anilines is 1. The molecule has 0 aliphatic heterocycles. The lowest BCUT2D eigenvalue weighted by molar-refractivity contribution is 0.574. The summed E-state index contributed by atoms with van der Waals surface area (Å²) in [7, 11) is 0. The Morgan fingerprint density at radius 1 is 1.45 bits per heavy atom. The van der Waals surface area contributed by atoms with E-state index in [1.165, 1.54) is 6.07 Å². The molecule has 106 valence electrons. The number of hydrogen-bond donors (Lipinski definition) is 1. The van der Waals surface area contributed by atoms with E-state index in [0.29, 0.717) is 5.56 Å². The summed E-state index contributed by atoms with van der Waals surface area (Å²) in [6.07, 6.45) is 3.19. The molecule has 0 saturated carbocycles. The number of halogens is 2. The predicted octanol–water partition coefficient (Wildman–Crippen LogP) is 3.34. The van der Waals surface area contributed by atoms with Gasteiger partial charge in [0.2, 0.25) is 0 Å². The minimum atomic E-state index is -0.319. The number of nitrogens with zero attached hydrogens (tertiary/aromatic N) is 2. The molecule has 2 aromatic rings. The van der Waals surface area contributed by atoms with Gasteiger partial charge in [-0.2, -0.15) is 0 Å². The first kappa shape index (κ1) is 14.7. The quantitative estimate of drug-likeness (QED) is 0.929. The van der Waals surface area contributed by atoms with Crippen LogP contribution < -0.4 is 10.9 Å². The monoisotopic (exact) mass is 339 g/mol. The molecule has 1 aromatic carbocycles. The van der Waals surface area contributed by atoms with Crippen LogP contribution in [0.15, 0.2) is 39.9 Å². The van der Waals surface area contributed by atoms with E-state index in [9.17, 15) is 9.18 Å². The first-order chi connectivity index (χ1) is 9.49. The van der Waals surface area contributed by atoms with Crippen molar-refractivity contribution in [1.29, 1.82) is 0 Å². The summed E-state index contributed by atoms with van der Waals surface area (Å²) < 4.78 is 16.0. The Labute approximate surface area is 124 Å². The molecular formula is C14H15BrFN3O. The van der Waals surface area contributed by atoms with Crippen molar-refractivity contribution >= 4 is 21.7 Å². The van der Waals surface area contributed by atoms with Crippen molar-refractivity contribution < 1.29 is 4.39 Å². The maximum absolute atomic E-state index is 13.6. The molecule has 0 aliphatic carbocycles. The van der Waals surface area contributed by atoms with Crippen LogP contribution in [0.25, 0.3) is 0 Å². The molecule has 0 saturated heterocycles. The van der Waals surface area contributed by atoms with Crippen molar-refractivity contribution in [2.24, 2.45) is 0 Å². The lowest BCUT2D eigenvalue weighted by Crippen LogP contribution is -2.25. The van der Waals surface area contributed by atoms with Gasteiger partial charge in [-0.3, -0.25) is 4.79 Å². The average molecular weight is 340 g/mol. The van der Waals surface area contributed by atoms with E-state index >= 15 is 0 Å². The number of nitrogens with one attached hydrogen (secondary N) is 1. The second-order valence-electron chi connectivity index (χ2n) is 4.67. The van der Waals surface area contributed by atoms with E-state index in [1.807, 2.05) is 13.8 Å². The Kier molecular flexibility index (Phi) is 4.54. The summed E-state index contributed by atoms with van der Waals surface area (Å²) in [5, 5.41) is 2.89. The van der Waals surface area contributed by atoms with Gasteiger partial charge in [-0.1, -0.05) is 15.9 Å². The van der Waals surface area contributed by atoms with Gasteiger partial charge in [0.1, 0.15) is 5.82 Å². The molecule has 0 fully saturated rings. The fourth-order valence-electron chi connectivity index (χ4n) is 1.81. The molecule has 0 spiro atoms. The van der Waals surface area contributed by atoms with Gasteiger partial charge in [0.15, 0.2) is 5.82 Å². The van der Waals surface area contributed by atoms with E-state index in [-0.39, 0.29) is 29.8 Å². The molecule has 1 heterocycles. The molecule has 20 heavy (non-hydrogen) atoms. The zero-order valence-corrected chi connectivity index (χ0v) is 12.8. The molecule has 0 amide bonds. The van der Waals surface area contributed by atoms with Gasteiger partial charge >= 0.3 is 0 Å². The molecule has 2 rings (SSSR count). The third-order valence-corrected chi connectivity index (χ3v) is 3.37. The normalized spacial score (nSPS) is 10.8. The van der Waals surface area contributed by atoms with Gasteiger partial charge in [0.25, 0.3) is 5.56 Å². The maximum Gasteiger partial charge on any atom is 0.293 e. The Bertz CT molecular complexity index is 670. The fraction of sp³-hybridized carbons (Fsp3) is 0.286. The average Bonchev–Trinajstić information content (AvgIpc) is 2.41. The van der Waals surface area contributed by atoms with Gasteiger partial charge in [0.05, 0.1) is 0 Å². The molecule has 0 bridgehead atoms. The topological polar surface area (TPSA) is 46.9 Å². The van der Waals surface area contributed by atoms with E-state index in [2.05, 4.69) is 26.2 Å². The minimum Gasteiger partial charge on any atom is -0.361 e. The van der Waals surface area contributed by atoms with Gasteiger partial charge in [0, 0.05) is 35.0 Å². The van der Waals surface area contributed by atoms with Gasteiger partial charge in [-0.15, -0.1) is 0 Å². The second kappa shape index (κ2) is 6.17. The standard InChI is InChI=1S/C14H15BrFN3O/c1-9(2)19-6-5-17-13(14(19)20)18-8-10-7-11(15)3-4-12(10)16/h3-7,9H,8H2,1-2H3,(H,17,18). The van der Waals surface area contributed by atoms with Gasteiger partial charge < -0.3 is 9.88 Å². The zero-order chi connectivity index (χ0) is 14.7. The molecule has 4 nitrogen and oxygen atoms in total. The Hall–Kier alpha value is -1.69. The Balaban J connectivity index is 2.21. The lowest BCUT2D eigenvalue weighted by Gasteiger charge is -2.12. The van der Waals surface area contributed by atoms with Crippen LogP contribution in [0.5, 0.6) is 0 Å². The first-order valence-corrected chi connectivity index (χ1v) is 7.03. The SMILES string of the molecule is CC(C)n1ccnc(NCc2cc(Br)ccc2F)c1=O. The van der Waals surface area contributed by atoms with E-state index in [0.717, 1.165) is 4.47 Å². The second-order valence-corrected chi connectivity index (χ2v) is 5.59. The number of aromatic nitrogens is 2. The van der Waals surface area contributed by atoms with Crippen LogP contribution in [0.1, 0.15) is 25.5 Å². The van der Waals surface area contributed by atoms with Crippen LogP contribution in [0.4, 0.5) is 10.2 Å². The van der Waals surface area contributed by atoms with E-state index in [4.69, 9.17) is 0 Å². The highest BCUT2D eigenvalue weighted by atomic mass is 79.9. The fourth-order valence-corrected chi connectivity index (χ4v) is 2.22. The largest absolute Gasteiger partial charge is 0.361 e. The summed E-state index contributed by atoms with van der Waals surface area (Å²) in [4.78, 5) is 16.1. The maximum atomic E-state index is 13.6. The van der Waals surface area contributed by atoms with Crippen LogP contribution >= 0.6 is 15.9 Å². The molecule has 0 unspecified atom stereocenters. The summed E-state index contributed by atoms with van der Waals surface area (Å²) in [6, 6.07) is 4.73. The van der Waals surface area contributed by atoms with Crippen LogP contribution in [0.3, 0.4) is 0 Å². The molecule has 0 aliphatic rings. The molecule has 1 N–H and O–H groups in total. The lowest BCUT2D eigenvalue weighted by atomic mass is 10.2. The molecule has 0 atom stereocenters. The summed E-state index contributed by atoms with van der Waals surface area (Å²) in [5.74, 6) is -0.0959. The van der Waals surface area contributed by atoms with Crippen LogP contribution in [0, 0.1) is 5.82 Å². The number of rotatable bonds is 4. The summed E-state index contributed by atoms with van der Waals surface area (Å²) in [6.45, 7) is 4.04. The highest BCUT2D eigenvalue weighted by Crippen LogP contribution is 2.16. The van der Waals surface area contributed by atoms with Gasteiger partial charge in [-0.25, -0.2) is 9.37 Å². The third kappa shape index (κ3) is 3.25. The van der Waals surface area contributed by atoms with Crippen LogP contribution in [-0.4, -0.2) is 9.55 Å². The number of benzene rings is 1. The zero-order valence-electron chi connectivity index (χ0n) is 11.2. The minimum absolute atomic E-state index is 0.0497. The Morgan fingerprint density at radius 2 is 2.20 bits per heavy atom. The molecular weight excluding hydrogens is 325 g/mol. The van der Waals surface area contributed by atoms with Crippen molar-refractivity contribution in [3.63, 3.8) is 0 Å². The summed E-state index contributed by atoms with van der Waals surface area (Å²) >= 11 is 3.29. The number of hydrogen-bond acceptors (Lipinski definition) is 3. The smallest absolute Gasteiger partial charge is 0.293 e. The van der Waals surface area contributed by atoms with E-state index < -0.39 is 0 Å². The van der Waals surface area contributed by atoms with Crippen molar-refractivity contribution in [3.05, 3.63) is 56.8 Å². The Morgan fingerprint density at radius 3 is 2.90 bits per heavy atom. The molecule has 1 aromatic heterocycles.